The Morgan fingerprint density at radius 3 is 2.21 bits per heavy atom. The maximum Gasteiger partial charge on any atom is 0.411 e. The summed E-state index contributed by atoms with van der Waals surface area (Å²) in [6.07, 6.45) is 1.98. The first-order valence-corrected chi connectivity index (χ1v) is 18.9. The zero-order valence-corrected chi connectivity index (χ0v) is 31.4. The van der Waals surface area contributed by atoms with E-state index >= 15 is 0 Å². The summed E-state index contributed by atoms with van der Waals surface area (Å²) < 4.78 is 39.2. The molecule has 52 heavy (non-hydrogen) atoms. The fourth-order valence-corrected chi connectivity index (χ4v) is 8.43. The molecule has 3 amide bonds. The molecule has 3 aromatic rings. The van der Waals surface area contributed by atoms with Crippen LogP contribution in [0.25, 0.3) is 0 Å². The lowest BCUT2D eigenvalue weighted by atomic mass is 9.92. The van der Waals surface area contributed by atoms with Crippen molar-refractivity contribution in [2.45, 2.75) is 94.3 Å². The van der Waals surface area contributed by atoms with Crippen molar-refractivity contribution in [3.8, 4) is 0 Å². The highest BCUT2D eigenvalue weighted by Gasteiger charge is 2.50. The minimum atomic E-state index is -4.03. The van der Waals surface area contributed by atoms with Gasteiger partial charge in [-0.15, -0.1) is 0 Å². The van der Waals surface area contributed by atoms with Gasteiger partial charge in [0.15, 0.2) is 0 Å². The largest absolute Gasteiger partial charge is 0.467 e. The highest BCUT2D eigenvalue weighted by molar-refractivity contribution is 7.89. The first-order chi connectivity index (χ1) is 24.6. The van der Waals surface area contributed by atoms with E-state index in [0.29, 0.717) is 49.9 Å². The van der Waals surface area contributed by atoms with Gasteiger partial charge in [0, 0.05) is 25.7 Å². The van der Waals surface area contributed by atoms with Crippen LogP contribution in [0, 0.1) is 6.92 Å². The molecule has 1 fully saturated rings. The number of amides is 3. The molecule has 1 aliphatic heterocycles. The third-order valence-electron chi connectivity index (χ3n) is 9.75. The number of hydrogen-bond donors (Lipinski definition) is 2. The molecular weight excluding hydrogens is 685 g/mol. The van der Waals surface area contributed by atoms with Gasteiger partial charge in [0.25, 0.3) is 5.91 Å². The van der Waals surface area contributed by atoms with Crippen molar-refractivity contribution in [2.75, 3.05) is 26.0 Å². The summed E-state index contributed by atoms with van der Waals surface area (Å²) >= 11 is 0. The Kier molecular flexibility index (Phi) is 11.4. The molecule has 0 radical (unpaired) electrons. The van der Waals surface area contributed by atoms with Crippen LogP contribution in [-0.2, 0) is 46.7 Å². The Balaban J connectivity index is 1.31. The van der Waals surface area contributed by atoms with E-state index in [2.05, 4.69) is 10.6 Å². The van der Waals surface area contributed by atoms with Crippen LogP contribution in [-0.4, -0.2) is 79.4 Å². The number of sulfonamides is 1. The van der Waals surface area contributed by atoms with Crippen LogP contribution < -0.4 is 10.6 Å². The predicted molar refractivity (Wildman–Crippen MR) is 196 cm³/mol. The number of carbonyl (C=O) groups is 4. The van der Waals surface area contributed by atoms with Gasteiger partial charge < -0.3 is 20.1 Å². The quantitative estimate of drug-likeness (QED) is 0.267. The number of esters is 1. The molecule has 0 bridgehead atoms. The lowest BCUT2D eigenvalue weighted by Gasteiger charge is -2.37. The molecule has 1 saturated carbocycles. The molecule has 0 spiro atoms. The summed E-state index contributed by atoms with van der Waals surface area (Å²) in [4.78, 5) is 55.5. The molecule has 2 atom stereocenters. The number of anilines is 1. The van der Waals surface area contributed by atoms with E-state index in [1.807, 2.05) is 31.2 Å². The number of likely N-dealkylation sites (N-methyl/N-ethyl adjacent to an activating group) is 1. The smallest absolute Gasteiger partial charge is 0.411 e. The molecule has 2 N–H and O–H groups in total. The monoisotopic (exact) mass is 732 g/mol. The van der Waals surface area contributed by atoms with E-state index < -0.39 is 57.1 Å². The Labute approximate surface area is 305 Å². The molecule has 12 nitrogen and oxygen atoms in total. The molecular formula is C39H48N4O8S. The molecule has 0 aromatic heterocycles. The predicted octanol–water partition coefficient (Wildman–Crippen LogP) is 5.30. The Morgan fingerprint density at radius 2 is 1.60 bits per heavy atom. The van der Waals surface area contributed by atoms with Gasteiger partial charge in [-0.25, -0.2) is 18.0 Å². The standard InChI is InChI=1S/C39H48N4O8S/c1-26-13-19-30(20-14-26)52(48,49)42(5)39(22-9-10-23-39)36(46)41-32(35(45)50-6)25-27-15-17-29(18-16-27)40-34(44)33-31-12-8-7-11-28(31)21-24-43(33)37(47)51-38(2,3)4/h7-8,11-20,32-33H,9-10,21-25H2,1-6H3,(H,40,44)(H,41,46)/t32-,33?/m0/s1. The van der Waals surface area contributed by atoms with Crippen molar-refractivity contribution in [3.05, 3.63) is 95.1 Å². The molecule has 2 aliphatic rings. The molecule has 13 heteroatoms. The van der Waals surface area contributed by atoms with E-state index in [4.69, 9.17) is 9.47 Å². The fraction of sp³-hybridized carbons (Fsp3) is 0.436. The number of nitrogens with zero attached hydrogens (tertiary/aromatic N) is 2. The van der Waals surface area contributed by atoms with Gasteiger partial charge in [-0.1, -0.05) is 66.9 Å². The molecule has 278 valence electrons. The summed E-state index contributed by atoms with van der Waals surface area (Å²) in [6.45, 7) is 7.51. The number of ether oxygens (including phenoxy) is 2. The summed E-state index contributed by atoms with van der Waals surface area (Å²) in [7, 11) is -1.38. The number of carbonyl (C=O) groups excluding carboxylic acids is 4. The van der Waals surface area contributed by atoms with Crippen LogP contribution in [0.3, 0.4) is 0 Å². The highest BCUT2D eigenvalue weighted by atomic mass is 32.2. The second kappa shape index (κ2) is 15.5. The minimum Gasteiger partial charge on any atom is -0.467 e. The van der Waals surface area contributed by atoms with E-state index in [-0.39, 0.29) is 11.3 Å². The van der Waals surface area contributed by atoms with Crippen molar-refractivity contribution in [2.24, 2.45) is 0 Å². The number of nitrogens with one attached hydrogen (secondary N) is 2. The van der Waals surface area contributed by atoms with Gasteiger partial charge in [-0.3, -0.25) is 14.5 Å². The third kappa shape index (κ3) is 8.31. The summed E-state index contributed by atoms with van der Waals surface area (Å²) in [5.74, 6) is -1.65. The van der Waals surface area contributed by atoms with Crippen LogP contribution in [0.5, 0.6) is 0 Å². The average molecular weight is 733 g/mol. The highest BCUT2D eigenvalue weighted by Crippen LogP contribution is 2.38. The lowest BCUT2D eigenvalue weighted by Crippen LogP contribution is -2.60. The molecule has 1 unspecified atom stereocenters. The topological polar surface area (TPSA) is 151 Å². The zero-order chi connectivity index (χ0) is 37.8. The van der Waals surface area contributed by atoms with E-state index in [9.17, 15) is 27.6 Å². The van der Waals surface area contributed by atoms with Gasteiger partial charge in [0.05, 0.1) is 12.0 Å². The SMILES string of the molecule is COC(=O)[C@H](Cc1ccc(NC(=O)C2c3ccccc3CCN2C(=O)OC(C)(C)C)cc1)NC(=O)C1(N(C)S(=O)(=O)c2ccc(C)cc2)CCCC1. The average Bonchev–Trinajstić information content (AvgIpc) is 3.61. The molecule has 5 rings (SSSR count). The van der Waals surface area contributed by atoms with Crippen molar-refractivity contribution >= 4 is 39.6 Å². The summed E-state index contributed by atoms with van der Waals surface area (Å²) in [5.41, 5.74) is 1.62. The van der Waals surface area contributed by atoms with Crippen LogP contribution >= 0.6 is 0 Å². The normalized spacial score (nSPS) is 17.5. The van der Waals surface area contributed by atoms with Crippen LogP contribution in [0.1, 0.15) is 74.8 Å². The lowest BCUT2D eigenvalue weighted by molar-refractivity contribution is -0.146. The number of rotatable bonds is 10. The van der Waals surface area contributed by atoms with Gasteiger partial charge in [-0.2, -0.15) is 4.31 Å². The fourth-order valence-electron chi connectivity index (χ4n) is 6.91. The maximum atomic E-state index is 14.0. The second-order valence-corrected chi connectivity index (χ2v) is 16.5. The second-order valence-electron chi connectivity index (χ2n) is 14.5. The Hall–Kier alpha value is -4.75. The van der Waals surface area contributed by atoms with Crippen molar-refractivity contribution < 1.29 is 37.1 Å². The van der Waals surface area contributed by atoms with Crippen LogP contribution in [0.2, 0.25) is 0 Å². The van der Waals surface area contributed by atoms with Gasteiger partial charge >= 0.3 is 12.1 Å². The molecule has 3 aromatic carbocycles. The number of aryl methyl sites for hydroxylation is 1. The minimum absolute atomic E-state index is 0.0551. The zero-order valence-electron chi connectivity index (χ0n) is 30.6. The molecule has 1 aliphatic carbocycles. The van der Waals surface area contributed by atoms with E-state index in [0.717, 1.165) is 21.0 Å². The number of fused-ring (bicyclic) bond motifs is 1. The first kappa shape index (κ1) is 38.5. The van der Waals surface area contributed by atoms with E-state index in [1.165, 1.54) is 31.2 Å². The van der Waals surface area contributed by atoms with Crippen LogP contribution in [0.4, 0.5) is 10.5 Å². The first-order valence-electron chi connectivity index (χ1n) is 17.5. The summed E-state index contributed by atoms with van der Waals surface area (Å²) in [5, 5.41) is 5.72. The molecule has 1 heterocycles. The van der Waals surface area contributed by atoms with Gasteiger partial charge in [0.2, 0.25) is 15.9 Å². The Morgan fingerprint density at radius 1 is 0.962 bits per heavy atom. The van der Waals surface area contributed by atoms with Crippen molar-refractivity contribution in [1.29, 1.82) is 0 Å². The number of methoxy groups -OCH3 is 1. The van der Waals surface area contributed by atoms with Gasteiger partial charge in [0.1, 0.15) is 23.2 Å². The number of hydrogen-bond acceptors (Lipinski definition) is 8. The van der Waals surface area contributed by atoms with Crippen LogP contribution in [0.15, 0.2) is 77.7 Å². The maximum absolute atomic E-state index is 14.0. The Bertz CT molecular complexity index is 1900. The van der Waals surface area contributed by atoms with Crippen molar-refractivity contribution in [3.63, 3.8) is 0 Å². The number of benzene rings is 3. The van der Waals surface area contributed by atoms with Gasteiger partial charge in [-0.05, 0) is 87.9 Å². The van der Waals surface area contributed by atoms with E-state index in [1.54, 1.807) is 57.2 Å². The molecule has 0 saturated heterocycles. The van der Waals surface area contributed by atoms with Crippen molar-refractivity contribution in [1.82, 2.24) is 14.5 Å². The summed E-state index contributed by atoms with van der Waals surface area (Å²) in [6, 6.07) is 18.8. The third-order valence-corrected chi connectivity index (χ3v) is 11.7.